The van der Waals surface area contributed by atoms with Crippen molar-refractivity contribution in [3.05, 3.63) is 65.7 Å². The zero-order valence-corrected chi connectivity index (χ0v) is 13.5. The van der Waals surface area contributed by atoms with E-state index in [2.05, 4.69) is 0 Å². The van der Waals surface area contributed by atoms with E-state index in [9.17, 15) is 14.7 Å². The van der Waals surface area contributed by atoms with Crippen molar-refractivity contribution in [1.82, 2.24) is 0 Å². The van der Waals surface area contributed by atoms with Gasteiger partial charge in [0.05, 0.1) is 11.5 Å². The van der Waals surface area contributed by atoms with Crippen molar-refractivity contribution in [3.63, 3.8) is 0 Å². The fourth-order valence-corrected chi connectivity index (χ4v) is 1.49. The number of para-hydroxylation sites is 1. The molecule has 0 aromatic heterocycles. The van der Waals surface area contributed by atoms with Gasteiger partial charge in [-0.1, -0.05) is 36.4 Å². The van der Waals surface area contributed by atoms with Gasteiger partial charge in [-0.3, -0.25) is 0 Å². The Morgan fingerprint density at radius 2 is 1.37 bits per heavy atom. The van der Waals surface area contributed by atoms with Gasteiger partial charge < -0.3 is 14.6 Å². The van der Waals surface area contributed by atoms with Gasteiger partial charge in [-0.15, -0.1) is 0 Å². The molecule has 4 nitrogen and oxygen atoms in total. The molecule has 0 spiro atoms. The van der Waals surface area contributed by atoms with Crippen molar-refractivity contribution in [3.8, 4) is 5.75 Å². The maximum atomic E-state index is 11.8. The molecule has 0 radical (unpaired) electrons. The summed E-state index contributed by atoms with van der Waals surface area (Å²) < 4.78 is 5.06. The van der Waals surface area contributed by atoms with Crippen molar-refractivity contribution < 1.29 is 70.8 Å². The minimum Gasteiger partial charge on any atom is -0.545 e. The second-order valence-corrected chi connectivity index (χ2v) is 3.54. The fraction of sp³-hybridized carbons (Fsp3) is 0. The first-order valence-electron chi connectivity index (χ1n) is 5.26. The van der Waals surface area contributed by atoms with E-state index in [4.69, 9.17) is 4.74 Å². The molecule has 0 amide bonds. The topological polar surface area (TPSA) is 66.4 Å². The van der Waals surface area contributed by atoms with Crippen LogP contribution in [0.4, 0.5) is 0 Å². The number of hydrogen-bond acceptors (Lipinski definition) is 4. The molecule has 0 saturated carbocycles. The molecular formula is C14H9KO4. The number of carboxylic acids is 1. The standard InChI is InChI=1S/C14H10O4.K/c15-13(16)11-8-4-5-9-12(11)14(17)18-10-6-2-1-3-7-10;/h1-9H,(H,15,16);/q;+1/p-1. The molecule has 0 fully saturated rings. The van der Waals surface area contributed by atoms with Gasteiger partial charge in [0, 0.05) is 5.56 Å². The third-order valence-electron chi connectivity index (χ3n) is 2.32. The van der Waals surface area contributed by atoms with Gasteiger partial charge in [0.1, 0.15) is 5.75 Å². The van der Waals surface area contributed by atoms with Crippen LogP contribution in [0.1, 0.15) is 20.7 Å². The number of aromatic carboxylic acids is 1. The van der Waals surface area contributed by atoms with Gasteiger partial charge in [-0.05, 0) is 18.2 Å². The Morgan fingerprint density at radius 1 is 0.842 bits per heavy atom. The second-order valence-electron chi connectivity index (χ2n) is 3.54. The number of benzene rings is 2. The molecule has 19 heavy (non-hydrogen) atoms. The average molecular weight is 280 g/mol. The summed E-state index contributed by atoms with van der Waals surface area (Å²) in [7, 11) is 0. The van der Waals surface area contributed by atoms with E-state index in [-0.39, 0.29) is 62.5 Å². The summed E-state index contributed by atoms with van der Waals surface area (Å²) >= 11 is 0. The Labute approximate surface area is 152 Å². The van der Waals surface area contributed by atoms with Crippen LogP contribution in [0.15, 0.2) is 54.6 Å². The average Bonchev–Trinajstić information content (AvgIpc) is 2.40. The van der Waals surface area contributed by atoms with Gasteiger partial charge in [0.25, 0.3) is 0 Å². The summed E-state index contributed by atoms with van der Waals surface area (Å²) in [6.07, 6.45) is 0. The van der Waals surface area contributed by atoms with E-state index in [1.807, 2.05) is 0 Å². The third-order valence-corrected chi connectivity index (χ3v) is 2.32. The molecule has 5 heteroatoms. The van der Waals surface area contributed by atoms with Crippen molar-refractivity contribution in [2.75, 3.05) is 0 Å². The van der Waals surface area contributed by atoms with Crippen molar-refractivity contribution in [2.24, 2.45) is 0 Å². The Morgan fingerprint density at radius 3 is 1.95 bits per heavy atom. The summed E-state index contributed by atoms with van der Waals surface area (Å²) in [4.78, 5) is 22.7. The number of ether oxygens (including phenoxy) is 1. The fourth-order valence-electron chi connectivity index (χ4n) is 1.49. The number of esters is 1. The summed E-state index contributed by atoms with van der Waals surface area (Å²) in [5.41, 5.74) is -0.209. The number of hydrogen-bond donors (Lipinski definition) is 0. The molecule has 2 aromatic carbocycles. The normalized spacial score (nSPS) is 9.26. The van der Waals surface area contributed by atoms with Crippen LogP contribution in [-0.4, -0.2) is 11.9 Å². The summed E-state index contributed by atoms with van der Waals surface area (Å²) in [6.45, 7) is 0. The molecule has 0 unspecified atom stereocenters. The smallest absolute Gasteiger partial charge is 0.545 e. The molecule has 0 aliphatic heterocycles. The minimum atomic E-state index is -1.41. The van der Waals surface area contributed by atoms with Crippen LogP contribution in [0, 0.1) is 0 Å². The van der Waals surface area contributed by atoms with Crippen LogP contribution >= 0.6 is 0 Å². The maximum Gasteiger partial charge on any atom is 1.00 e. The molecule has 0 N–H and O–H groups in total. The molecule has 0 aliphatic carbocycles. The maximum absolute atomic E-state index is 11.8. The third kappa shape index (κ3) is 4.26. The van der Waals surface area contributed by atoms with Crippen molar-refractivity contribution in [2.45, 2.75) is 0 Å². The summed E-state index contributed by atoms with van der Waals surface area (Å²) in [5, 5.41) is 10.9. The van der Waals surface area contributed by atoms with E-state index in [1.54, 1.807) is 36.4 Å². The van der Waals surface area contributed by atoms with Gasteiger partial charge in [-0.25, -0.2) is 4.79 Å². The Bertz CT molecular complexity index is 581. The molecule has 0 atom stereocenters. The minimum absolute atomic E-state index is 0. The molecule has 0 aliphatic rings. The van der Waals surface area contributed by atoms with E-state index in [1.165, 1.54) is 18.2 Å². The van der Waals surface area contributed by atoms with E-state index < -0.39 is 11.9 Å². The van der Waals surface area contributed by atoms with Crippen molar-refractivity contribution in [1.29, 1.82) is 0 Å². The zero-order chi connectivity index (χ0) is 13.0. The van der Waals surface area contributed by atoms with Crippen LogP contribution in [0.2, 0.25) is 0 Å². The van der Waals surface area contributed by atoms with Crippen LogP contribution in [0.3, 0.4) is 0 Å². The van der Waals surface area contributed by atoms with Gasteiger partial charge in [0.2, 0.25) is 0 Å². The quantitative estimate of drug-likeness (QED) is 0.381. The monoisotopic (exact) mass is 280 g/mol. The number of carbonyl (C=O) groups excluding carboxylic acids is 2. The zero-order valence-electron chi connectivity index (χ0n) is 10.3. The SMILES string of the molecule is O=C([O-])c1ccccc1C(=O)Oc1ccccc1.[K+]. The first kappa shape index (κ1) is 16.1. The molecule has 2 rings (SSSR count). The van der Waals surface area contributed by atoms with Gasteiger partial charge >= 0.3 is 57.4 Å². The van der Waals surface area contributed by atoms with E-state index in [0.29, 0.717) is 5.75 Å². The Hall–Kier alpha value is -0.984. The number of carbonyl (C=O) groups is 2. The molecule has 0 bridgehead atoms. The largest absolute Gasteiger partial charge is 1.00 e. The van der Waals surface area contributed by atoms with Crippen LogP contribution in [-0.2, 0) is 0 Å². The number of rotatable bonds is 3. The van der Waals surface area contributed by atoms with Crippen LogP contribution in [0.5, 0.6) is 5.75 Å². The number of carboxylic acid groups (broad SMARTS) is 1. The van der Waals surface area contributed by atoms with Crippen LogP contribution in [0.25, 0.3) is 0 Å². The summed E-state index contributed by atoms with van der Waals surface area (Å²) in [5.74, 6) is -1.77. The molecule has 90 valence electrons. The predicted molar refractivity (Wildman–Crippen MR) is 62.2 cm³/mol. The molecule has 0 heterocycles. The first-order chi connectivity index (χ1) is 8.68. The second kappa shape index (κ2) is 7.57. The predicted octanol–water partition coefficient (Wildman–Crippen LogP) is -1.73. The van der Waals surface area contributed by atoms with E-state index >= 15 is 0 Å². The van der Waals surface area contributed by atoms with Crippen molar-refractivity contribution >= 4 is 11.9 Å². The van der Waals surface area contributed by atoms with E-state index in [0.717, 1.165) is 0 Å². The van der Waals surface area contributed by atoms with Crippen LogP contribution < -0.4 is 61.2 Å². The summed E-state index contributed by atoms with van der Waals surface area (Å²) in [6, 6.07) is 14.2. The first-order valence-corrected chi connectivity index (χ1v) is 5.26. The Balaban J connectivity index is 0.00000180. The Kier molecular flexibility index (Phi) is 6.40. The van der Waals surface area contributed by atoms with Gasteiger partial charge in [-0.2, -0.15) is 0 Å². The van der Waals surface area contributed by atoms with Gasteiger partial charge in [0.15, 0.2) is 0 Å². The molecule has 0 saturated heterocycles. The molecular weight excluding hydrogens is 271 g/mol. The molecule has 2 aromatic rings.